The van der Waals surface area contributed by atoms with E-state index in [0.717, 1.165) is 12.0 Å². The molecule has 30 heavy (non-hydrogen) atoms. The Balaban J connectivity index is 2.95. The summed E-state index contributed by atoms with van der Waals surface area (Å²) >= 11 is 5.56. The minimum absolute atomic E-state index is 0.384. The quantitative estimate of drug-likeness (QED) is 0.460. The summed E-state index contributed by atoms with van der Waals surface area (Å²) in [4.78, 5) is 25.5. The molecule has 0 fully saturated rings. The number of carbonyl (C=O) groups is 2. The van der Waals surface area contributed by atoms with Gasteiger partial charge in [0.1, 0.15) is 17.2 Å². The Morgan fingerprint density at radius 1 is 0.933 bits per heavy atom. The standard InChI is InChI=1S/C23H36N2O4S/c1-8-12-17(25-21(27)29-23(5,6)7)19(30)24-18(20(26)28-22(2,3)4)15-16-13-10-9-11-14-16/h9-11,13-14,17-18H,8,12,15H2,1-7H3,(H,24,30)(H,25,27)/t17-,18-/m0/s1. The maximum Gasteiger partial charge on any atom is 0.408 e. The van der Waals surface area contributed by atoms with Gasteiger partial charge in [0, 0.05) is 6.42 Å². The topological polar surface area (TPSA) is 76.7 Å². The van der Waals surface area contributed by atoms with Crippen molar-refractivity contribution in [2.75, 3.05) is 0 Å². The van der Waals surface area contributed by atoms with Crippen molar-refractivity contribution in [2.24, 2.45) is 0 Å². The highest BCUT2D eigenvalue weighted by Gasteiger charge is 2.29. The van der Waals surface area contributed by atoms with Crippen LogP contribution in [0, 0.1) is 0 Å². The summed E-state index contributed by atoms with van der Waals surface area (Å²) < 4.78 is 10.9. The van der Waals surface area contributed by atoms with E-state index in [1.54, 1.807) is 20.8 Å². The number of thiocarbonyl (C=S) groups is 1. The molecule has 1 aromatic carbocycles. The van der Waals surface area contributed by atoms with Crippen molar-refractivity contribution in [3.8, 4) is 0 Å². The van der Waals surface area contributed by atoms with Crippen molar-refractivity contribution < 1.29 is 19.1 Å². The van der Waals surface area contributed by atoms with Gasteiger partial charge in [0.2, 0.25) is 0 Å². The second kappa shape index (κ2) is 11.3. The third-order valence-corrected chi connectivity index (χ3v) is 4.28. The second-order valence-electron chi connectivity index (χ2n) is 9.27. The molecule has 0 bridgehead atoms. The Morgan fingerprint density at radius 2 is 1.50 bits per heavy atom. The number of carbonyl (C=O) groups excluding carboxylic acids is 2. The molecule has 0 aliphatic carbocycles. The van der Waals surface area contributed by atoms with E-state index in [1.807, 2.05) is 58.0 Å². The molecular weight excluding hydrogens is 400 g/mol. The predicted molar refractivity (Wildman–Crippen MR) is 124 cm³/mol. The van der Waals surface area contributed by atoms with Gasteiger partial charge in [-0.1, -0.05) is 55.9 Å². The van der Waals surface area contributed by atoms with Gasteiger partial charge in [0.25, 0.3) is 0 Å². The van der Waals surface area contributed by atoms with Gasteiger partial charge in [-0.05, 0) is 53.5 Å². The monoisotopic (exact) mass is 436 g/mol. The average molecular weight is 437 g/mol. The molecule has 6 nitrogen and oxygen atoms in total. The fourth-order valence-corrected chi connectivity index (χ4v) is 3.01. The lowest BCUT2D eigenvalue weighted by Gasteiger charge is -2.28. The molecule has 0 saturated heterocycles. The third kappa shape index (κ3) is 10.6. The maximum absolute atomic E-state index is 12.8. The second-order valence-corrected chi connectivity index (χ2v) is 9.71. The first-order chi connectivity index (χ1) is 13.8. The van der Waals surface area contributed by atoms with Crippen LogP contribution in [0.15, 0.2) is 30.3 Å². The van der Waals surface area contributed by atoms with E-state index in [4.69, 9.17) is 21.7 Å². The molecule has 0 saturated carbocycles. The fourth-order valence-electron chi connectivity index (χ4n) is 2.70. The Hall–Kier alpha value is -2.15. The van der Waals surface area contributed by atoms with Gasteiger partial charge >= 0.3 is 12.1 Å². The Kier molecular flexibility index (Phi) is 9.75. The lowest BCUT2D eigenvalue weighted by atomic mass is 10.0. The average Bonchev–Trinajstić information content (AvgIpc) is 2.58. The molecule has 1 amide bonds. The van der Waals surface area contributed by atoms with Crippen LogP contribution in [-0.4, -0.2) is 40.3 Å². The lowest BCUT2D eigenvalue weighted by molar-refractivity contribution is -0.157. The molecule has 0 aliphatic heterocycles. The van der Waals surface area contributed by atoms with Gasteiger partial charge in [-0.3, -0.25) is 0 Å². The van der Waals surface area contributed by atoms with Gasteiger partial charge in [0.05, 0.1) is 11.0 Å². The highest BCUT2D eigenvalue weighted by Crippen LogP contribution is 2.13. The summed E-state index contributed by atoms with van der Waals surface area (Å²) in [5.41, 5.74) is -0.245. The first kappa shape index (κ1) is 25.9. The summed E-state index contributed by atoms with van der Waals surface area (Å²) in [6.07, 6.45) is 1.30. The first-order valence-corrected chi connectivity index (χ1v) is 10.8. The molecule has 2 atom stereocenters. The molecular formula is C23H36N2O4S. The van der Waals surface area contributed by atoms with E-state index < -0.39 is 29.4 Å². The largest absolute Gasteiger partial charge is 0.458 e. The first-order valence-electron chi connectivity index (χ1n) is 10.4. The molecule has 0 heterocycles. The Labute approximate surface area is 186 Å². The molecule has 1 aromatic rings. The van der Waals surface area contributed by atoms with Crippen molar-refractivity contribution in [1.82, 2.24) is 10.6 Å². The van der Waals surface area contributed by atoms with Crippen LogP contribution in [0.4, 0.5) is 4.79 Å². The Bertz CT molecular complexity index is 708. The highest BCUT2D eigenvalue weighted by molar-refractivity contribution is 7.80. The van der Waals surface area contributed by atoms with E-state index in [9.17, 15) is 9.59 Å². The van der Waals surface area contributed by atoms with Crippen molar-refractivity contribution in [1.29, 1.82) is 0 Å². The van der Waals surface area contributed by atoms with Crippen molar-refractivity contribution in [3.05, 3.63) is 35.9 Å². The van der Waals surface area contributed by atoms with Gasteiger partial charge in [-0.25, -0.2) is 9.59 Å². The number of alkyl carbamates (subject to hydrolysis) is 1. The van der Waals surface area contributed by atoms with Gasteiger partial charge < -0.3 is 20.1 Å². The van der Waals surface area contributed by atoms with Crippen molar-refractivity contribution >= 4 is 29.3 Å². The molecule has 2 N–H and O–H groups in total. The summed E-state index contributed by atoms with van der Waals surface area (Å²) in [7, 11) is 0. The number of esters is 1. The molecule has 0 aromatic heterocycles. The van der Waals surface area contributed by atoms with Crippen LogP contribution in [0.2, 0.25) is 0 Å². The van der Waals surface area contributed by atoms with Crippen molar-refractivity contribution in [3.63, 3.8) is 0 Å². The summed E-state index contributed by atoms with van der Waals surface area (Å²) in [6, 6.07) is 8.55. The number of ether oxygens (including phenoxy) is 2. The van der Waals surface area contributed by atoms with Crippen LogP contribution >= 0.6 is 12.2 Å². The van der Waals surface area contributed by atoms with E-state index in [2.05, 4.69) is 10.6 Å². The maximum atomic E-state index is 12.8. The SMILES string of the molecule is CCC[C@H](NC(=O)OC(C)(C)C)C(=S)N[C@@H](Cc1ccccc1)C(=O)OC(C)(C)C. The van der Waals surface area contributed by atoms with E-state index in [0.29, 0.717) is 17.8 Å². The molecule has 0 spiro atoms. The van der Waals surface area contributed by atoms with Crippen LogP contribution in [-0.2, 0) is 20.7 Å². The zero-order chi connectivity index (χ0) is 22.9. The number of benzene rings is 1. The number of nitrogens with one attached hydrogen (secondary N) is 2. The fraction of sp³-hybridized carbons (Fsp3) is 0.609. The molecule has 1 rings (SSSR count). The zero-order valence-electron chi connectivity index (χ0n) is 19.2. The molecule has 7 heteroatoms. The number of rotatable bonds is 8. The van der Waals surface area contributed by atoms with Gasteiger partial charge in [0.15, 0.2) is 0 Å². The smallest absolute Gasteiger partial charge is 0.408 e. The minimum Gasteiger partial charge on any atom is -0.458 e. The van der Waals surface area contributed by atoms with Gasteiger partial charge in [-0.2, -0.15) is 0 Å². The van der Waals surface area contributed by atoms with Crippen LogP contribution in [0.25, 0.3) is 0 Å². The van der Waals surface area contributed by atoms with Crippen LogP contribution in [0.1, 0.15) is 66.9 Å². The number of amides is 1. The summed E-state index contributed by atoms with van der Waals surface area (Å²) in [5.74, 6) is -0.388. The van der Waals surface area contributed by atoms with Crippen LogP contribution in [0.3, 0.4) is 0 Å². The number of hydrogen-bond donors (Lipinski definition) is 2. The molecule has 0 aliphatic rings. The minimum atomic E-state index is -0.668. The molecule has 0 unspecified atom stereocenters. The normalized spacial score (nSPS) is 13.7. The summed E-state index contributed by atoms with van der Waals surface area (Å²) in [5, 5.41) is 5.94. The van der Waals surface area contributed by atoms with Crippen molar-refractivity contribution in [2.45, 2.75) is 91.0 Å². The predicted octanol–water partition coefficient (Wildman–Crippen LogP) is 4.55. The lowest BCUT2D eigenvalue weighted by Crippen LogP contribution is -2.53. The molecule has 168 valence electrons. The van der Waals surface area contributed by atoms with E-state index in [1.165, 1.54) is 0 Å². The van der Waals surface area contributed by atoms with E-state index >= 15 is 0 Å². The van der Waals surface area contributed by atoms with E-state index in [-0.39, 0.29) is 5.97 Å². The highest BCUT2D eigenvalue weighted by atomic mass is 32.1. The third-order valence-electron chi connectivity index (χ3n) is 3.88. The van der Waals surface area contributed by atoms with Crippen LogP contribution in [0.5, 0.6) is 0 Å². The van der Waals surface area contributed by atoms with Gasteiger partial charge in [-0.15, -0.1) is 0 Å². The Morgan fingerprint density at radius 3 is 2.00 bits per heavy atom. The zero-order valence-corrected chi connectivity index (χ0v) is 20.0. The number of hydrogen-bond acceptors (Lipinski definition) is 5. The molecule has 0 radical (unpaired) electrons. The van der Waals surface area contributed by atoms with Crippen LogP contribution < -0.4 is 10.6 Å². The summed E-state index contributed by atoms with van der Waals surface area (Å²) in [6.45, 7) is 12.9.